The van der Waals surface area contributed by atoms with Crippen LogP contribution in [-0.2, 0) is 14.9 Å². The smallest absolute Gasteiger partial charge is 0.298 e. The van der Waals surface area contributed by atoms with Gasteiger partial charge in [-0.1, -0.05) is 0 Å². The van der Waals surface area contributed by atoms with Crippen LogP contribution in [0.25, 0.3) is 0 Å². The lowest BCUT2D eigenvalue weighted by atomic mass is 10.4. The predicted octanol–water partition coefficient (Wildman–Crippen LogP) is -0.498. The zero-order valence-electron chi connectivity index (χ0n) is 7.02. The Hall–Kier alpha value is -0.240. The highest BCUT2D eigenvalue weighted by atomic mass is 32.2. The van der Waals surface area contributed by atoms with E-state index in [0.717, 1.165) is 0 Å². The van der Waals surface area contributed by atoms with E-state index in [1.54, 1.807) is 4.90 Å². The Labute approximate surface area is 76.2 Å². The Morgan fingerprint density at radius 1 is 1.46 bits per heavy atom. The topological polar surface area (TPSA) is 66.8 Å². The summed E-state index contributed by atoms with van der Waals surface area (Å²) in [6, 6.07) is 0. The van der Waals surface area contributed by atoms with E-state index in [1.807, 2.05) is 0 Å². The first-order valence-electron chi connectivity index (χ1n) is 3.90. The minimum absolute atomic E-state index is 0.289. The van der Waals surface area contributed by atoms with Crippen LogP contribution in [0.15, 0.2) is 0 Å². The molecule has 7 heteroatoms. The second-order valence-electron chi connectivity index (χ2n) is 2.84. The van der Waals surface area contributed by atoms with Crippen LogP contribution in [0.4, 0.5) is 4.39 Å². The summed E-state index contributed by atoms with van der Waals surface area (Å²) in [5.41, 5.74) is -2.22. The summed E-state index contributed by atoms with van der Waals surface area (Å²) >= 11 is 0. The molecule has 1 unspecified atom stereocenters. The maximum atomic E-state index is 12.8. The molecule has 1 heterocycles. The Bertz CT molecular complexity index is 249. The molecule has 1 fully saturated rings. The Morgan fingerprint density at radius 2 is 2.00 bits per heavy atom. The van der Waals surface area contributed by atoms with Gasteiger partial charge in [0, 0.05) is 19.6 Å². The number of halogens is 1. The largest absolute Gasteiger partial charge is 0.379 e. The van der Waals surface area contributed by atoms with Crippen molar-refractivity contribution in [1.82, 2.24) is 4.90 Å². The summed E-state index contributed by atoms with van der Waals surface area (Å²) in [7, 11) is -4.55. The molecule has 1 saturated heterocycles. The summed E-state index contributed by atoms with van der Waals surface area (Å²) in [5.74, 6) is 0. The first-order chi connectivity index (χ1) is 6.00. The van der Waals surface area contributed by atoms with Crippen molar-refractivity contribution >= 4 is 10.1 Å². The molecule has 0 aromatic carbocycles. The van der Waals surface area contributed by atoms with Gasteiger partial charge in [0.1, 0.15) is 0 Å². The quantitative estimate of drug-likeness (QED) is 0.640. The molecule has 0 amide bonds. The molecule has 1 rings (SSSR count). The highest BCUT2D eigenvalue weighted by molar-refractivity contribution is 7.86. The van der Waals surface area contributed by atoms with Crippen molar-refractivity contribution in [2.75, 3.05) is 32.8 Å². The molecule has 0 spiro atoms. The van der Waals surface area contributed by atoms with Crippen LogP contribution in [0.1, 0.15) is 0 Å². The molecule has 0 radical (unpaired) electrons. The summed E-state index contributed by atoms with van der Waals surface area (Å²) in [6.07, 6.45) is 0. The number of nitrogens with zero attached hydrogens (tertiary/aromatic N) is 1. The lowest BCUT2D eigenvalue weighted by Gasteiger charge is -2.26. The Morgan fingerprint density at radius 3 is 2.46 bits per heavy atom. The molecule has 0 bridgehead atoms. The Balaban J connectivity index is 2.39. The van der Waals surface area contributed by atoms with E-state index in [1.165, 1.54) is 0 Å². The van der Waals surface area contributed by atoms with Gasteiger partial charge in [0.05, 0.1) is 13.2 Å². The molecule has 1 atom stereocenters. The van der Waals surface area contributed by atoms with Crippen molar-refractivity contribution in [3.05, 3.63) is 0 Å². The number of alkyl halides is 1. The second-order valence-corrected chi connectivity index (χ2v) is 4.38. The molecule has 13 heavy (non-hydrogen) atoms. The standard InChI is InChI=1S/C6H12FNO4S/c7-6(13(9,10)11)5-8-1-3-12-4-2-8/h6H,1-5H2,(H,9,10,11). The Kier molecular flexibility index (Phi) is 3.60. The van der Waals surface area contributed by atoms with E-state index in [0.29, 0.717) is 26.3 Å². The van der Waals surface area contributed by atoms with Crippen molar-refractivity contribution in [2.24, 2.45) is 0 Å². The third kappa shape index (κ3) is 3.55. The number of morpholine rings is 1. The number of hydrogen-bond donors (Lipinski definition) is 1. The van der Waals surface area contributed by atoms with E-state index in [-0.39, 0.29) is 6.54 Å². The molecule has 1 aliphatic heterocycles. The minimum atomic E-state index is -4.55. The number of rotatable bonds is 3. The van der Waals surface area contributed by atoms with Gasteiger partial charge in [-0.3, -0.25) is 9.45 Å². The third-order valence-corrected chi connectivity index (χ3v) is 2.62. The monoisotopic (exact) mass is 213 g/mol. The summed E-state index contributed by atoms with van der Waals surface area (Å²) < 4.78 is 46.8. The van der Waals surface area contributed by atoms with E-state index in [9.17, 15) is 12.8 Å². The molecular formula is C6H12FNO4S. The second kappa shape index (κ2) is 4.32. The van der Waals surface area contributed by atoms with Crippen LogP contribution in [0.2, 0.25) is 0 Å². The van der Waals surface area contributed by atoms with Gasteiger partial charge in [0.15, 0.2) is 0 Å². The van der Waals surface area contributed by atoms with Crippen molar-refractivity contribution in [1.29, 1.82) is 0 Å². The highest BCUT2D eigenvalue weighted by Crippen LogP contribution is 2.05. The van der Waals surface area contributed by atoms with Gasteiger partial charge in [-0.2, -0.15) is 8.42 Å². The van der Waals surface area contributed by atoms with Crippen LogP contribution in [0.5, 0.6) is 0 Å². The molecule has 1 aliphatic rings. The predicted molar refractivity (Wildman–Crippen MR) is 43.7 cm³/mol. The summed E-state index contributed by atoms with van der Waals surface area (Å²) in [6.45, 7) is 1.64. The van der Waals surface area contributed by atoms with E-state index < -0.39 is 15.6 Å². The molecule has 78 valence electrons. The van der Waals surface area contributed by atoms with E-state index >= 15 is 0 Å². The average molecular weight is 213 g/mol. The lowest BCUT2D eigenvalue weighted by molar-refractivity contribution is 0.0323. The summed E-state index contributed by atoms with van der Waals surface area (Å²) in [5, 5.41) is 0. The zero-order valence-corrected chi connectivity index (χ0v) is 7.83. The summed E-state index contributed by atoms with van der Waals surface area (Å²) in [4.78, 5) is 1.60. The van der Waals surface area contributed by atoms with Crippen molar-refractivity contribution in [2.45, 2.75) is 5.50 Å². The maximum absolute atomic E-state index is 12.8. The van der Waals surface area contributed by atoms with Crippen LogP contribution in [0.3, 0.4) is 0 Å². The van der Waals surface area contributed by atoms with Crippen LogP contribution in [0, 0.1) is 0 Å². The minimum Gasteiger partial charge on any atom is -0.379 e. The molecule has 0 aromatic heterocycles. The maximum Gasteiger partial charge on any atom is 0.298 e. The zero-order chi connectivity index (χ0) is 9.90. The molecule has 0 aromatic rings. The normalized spacial score (nSPS) is 22.9. The van der Waals surface area contributed by atoms with Crippen molar-refractivity contribution in [3.63, 3.8) is 0 Å². The fourth-order valence-corrected chi connectivity index (χ4v) is 1.48. The van der Waals surface area contributed by atoms with Gasteiger partial charge < -0.3 is 4.74 Å². The molecule has 1 N–H and O–H groups in total. The van der Waals surface area contributed by atoms with Gasteiger partial charge in [0.2, 0.25) is 5.50 Å². The van der Waals surface area contributed by atoms with Crippen molar-refractivity contribution < 1.29 is 22.1 Å². The van der Waals surface area contributed by atoms with Gasteiger partial charge in [-0.15, -0.1) is 0 Å². The first-order valence-corrected chi connectivity index (χ1v) is 5.41. The molecule has 5 nitrogen and oxygen atoms in total. The van der Waals surface area contributed by atoms with Crippen molar-refractivity contribution in [3.8, 4) is 0 Å². The van der Waals surface area contributed by atoms with E-state index in [4.69, 9.17) is 9.29 Å². The van der Waals surface area contributed by atoms with Crippen LogP contribution < -0.4 is 0 Å². The molecule has 0 saturated carbocycles. The lowest BCUT2D eigenvalue weighted by Crippen LogP contribution is -2.41. The van der Waals surface area contributed by atoms with Gasteiger partial charge in [-0.05, 0) is 0 Å². The van der Waals surface area contributed by atoms with Crippen LogP contribution in [-0.4, -0.2) is 56.2 Å². The number of ether oxygens (including phenoxy) is 1. The fourth-order valence-electron chi connectivity index (χ4n) is 1.08. The van der Waals surface area contributed by atoms with E-state index in [2.05, 4.69) is 0 Å². The van der Waals surface area contributed by atoms with Gasteiger partial charge in [-0.25, -0.2) is 4.39 Å². The third-order valence-electron chi connectivity index (χ3n) is 1.83. The first kappa shape index (κ1) is 10.8. The highest BCUT2D eigenvalue weighted by Gasteiger charge is 2.25. The van der Waals surface area contributed by atoms with Gasteiger partial charge in [0.25, 0.3) is 10.1 Å². The van der Waals surface area contributed by atoms with Crippen LogP contribution >= 0.6 is 0 Å². The SMILES string of the molecule is O=S(=O)(O)C(F)CN1CCOCC1. The molecule has 0 aliphatic carbocycles. The number of hydrogen-bond acceptors (Lipinski definition) is 4. The van der Waals surface area contributed by atoms with Gasteiger partial charge >= 0.3 is 0 Å². The average Bonchev–Trinajstić information content (AvgIpc) is 2.04. The molecular weight excluding hydrogens is 201 g/mol. The fraction of sp³-hybridized carbons (Fsp3) is 1.00.